The summed E-state index contributed by atoms with van der Waals surface area (Å²) in [6, 6.07) is 0.290. The molecule has 0 aromatic carbocycles. The Bertz CT molecular complexity index is 311. The Balaban J connectivity index is 1.79. The topological polar surface area (TPSA) is 50.7 Å². The summed E-state index contributed by atoms with van der Waals surface area (Å²) in [5, 5.41) is 2.95. The van der Waals surface area contributed by atoms with Gasteiger partial charge in [-0.2, -0.15) is 0 Å². The van der Waals surface area contributed by atoms with E-state index in [1.807, 2.05) is 0 Å². The fourth-order valence-corrected chi connectivity index (χ4v) is 2.26. The van der Waals surface area contributed by atoms with Gasteiger partial charge in [-0.25, -0.2) is 0 Å². The molecule has 0 bridgehead atoms. The van der Waals surface area contributed by atoms with Gasteiger partial charge in [0.05, 0.1) is 13.2 Å². The van der Waals surface area contributed by atoms with Crippen LogP contribution in [0.2, 0.25) is 0 Å². The third kappa shape index (κ3) is 1.81. The second-order valence-corrected chi connectivity index (χ2v) is 4.38. The molecule has 2 fully saturated rings. The van der Waals surface area contributed by atoms with Crippen molar-refractivity contribution in [3.05, 3.63) is 12.7 Å². The predicted molar refractivity (Wildman–Crippen MR) is 58.0 cm³/mol. The van der Waals surface area contributed by atoms with E-state index in [0.29, 0.717) is 11.1 Å². The van der Waals surface area contributed by atoms with Gasteiger partial charge in [0.25, 0.3) is 5.91 Å². The van der Waals surface area contributed by atoms with Gasteiger partial charge in [0.2, 0.25) is 0 Å². The Labute approximate surface area is 89.4 Å². The summed E-state index contributed by atoms with van der Waals surface area (Å²) in [6.07, 6.45) is 3.55. The minimum Gasteiger partial charge on any atom is -0.380 e. The van der Waals surface area contributed by atoms with Crippen LogP contribution < -0.4 is 5.32 Å². The van der Waals surface area contributed by atoms with Crippen LogP contribution >= 0.6 is 0 Å². The van der Waals surface area contributed by atoms with Crippen molar-refractivity contribution in [3.63, 3.8) is 0 Å². The van der Waals surface area contributed by atoms with Crippen molar-refractivity contribution in [2.75, 3.05) is 20.3 Å². The summed E-state index contributed by atoms with van der Waals surface area (Å²) in [6.45, 7) is 5.26. The molecule has 0 radical (unpaired) electrons. The normalized spacial score (nSPS) is 24.2. The maximum atomic E-state index is 11.6. The number of aliphatic imine (C=N–C) groups is 1. The molecule has 0 aromatic heterocycles. The number of carbonyl (C=O) groups excluding carboxylic acids is 1. The standard InChI is InChI=1S/C11H16N2O2/c1-3-9(12-2)10(14)13-8-4-11(5-8)6-15-7-11/h3,8H,1,4-7H2,2H3,(H,13,14). The highest BCUT2D eigenvalue weighted by molar-refractivity contribution is 6.43. The second-order valence-electron chi connectivity index (χ2n) is 4.38. The van der Waals surface area contributed by atoms with Crippen LogP contribution in [0.3, 0.4) is 0 Å². The molecule has 0 aromatic rings. The molecule has 1 aliphatic carbocycles. The van der Waals surface area contributed by atoms with E-state index in [1.165, 1.54) is 6.08 Å². The van der Waals surface area contributed by atoms with E-state index in [1.54, 1.807) is 7.05 Å². The molecule has 0 unspecified atom stereocenters. The van der Waals surface area contributed by atoms with Crippen molar-refractivity contribution in [1.29, 1.82) is 0 Å². The van der Waals surface area contributed by atoms with E-state index in [4.69, 9.17) is 4.74 Å². The van der Waals surface area contributed by atoms with Gasteiger partial charge in [0, 0.05) is 18.5 Å². The maximum Gasteiger partial charge on any atom is 0.269 e. The largest absolute Gasteiger partial charge is 0.380 e. The molecule has 1 aliphatic heterocycles. The predicted octanol–water partition coefficient (Wildman–Crippen LogP) is 0.538. The Morgan fingerprint density at radius 3 is 2.67 bits per heavy atom. The first-order valence-electron chi connectivity index (χ1n) is 5.17. The lowest BCUT2D eigenvalue weighted by atomic mass is 9.64. The minimum absolute atomic E-state index is 0.118. The number of rotatable bonds is 3. The Morgan fingerprint density at radius 1 is 1.60 bits per heavy atom. The average Bonchev–Trinajstić information content (AvgIpc) is 2.09. The SMILES string of the molecule is C=CC(=NC)C(=O)NC1CC2(COC2)C1. The molecule has 4 nitrogen and oxygen atoms in total. The molecule has 2 aliphatic rings. The lowest BCUT2D eigenvalue weighted by Crippen LogP contribution is -2.60. The van der Waals surface area contributed by atoms with Crippen molar-refractivity contribution >= 4 is 11.6 Å². The van der Waals surface area contributed by atoms with Crippen LogP contribution in [0.1, 0.15) is 12.8 Å². The molecule has 2 rings (SSSR count). The van der Waals surface area contributed by atoms with E-state index in [2.05, 4.69) is 16.9 Å². The molecule has 1 amide bonds. The molecule has 4 heteroatoms. The summed E-state index contributed by atoms with van der Waals surface area (Å²) < 4.78 is 5.17. The number of hydrogen-bond donors (Lipinski definition) is 1. The summed E-state index contributed by atoms with van der Waals surface area (Å²) in [4.78, 5) is 15.4. The van der Waals surface area contributed by atoms with Gasteiger partial charge in [-0.1, -0.05) is 6.58 Å². The number of nitrogens with one attached hydrogen (secondary N) is 1. The number of ether oxygens (including phenoxy) is 1. The molecule has 1 saturated heterocycles. The summed E-state index contributed by atoms with van der Waals surface area (Å²) in [7, 11) is 1.60. The number of carbonyl (C=O) groups is 1. The molecule has 1 spiro atoms. The highest BCUT2D eigenvalue weighted by Gasteiger charge is 2.50. The van der Waals surface area contributed by atoms with Crippen LogP contribution in [-0.2, 0) is 9.53 Å². The van der Waals surface area contributed by atoms with Gasteiger partial charge in [-0.15, -0.1) is 0 Å². The molecule has 1 N–H and O–H groups in total. The van der Waals surface area contributed by atoms with E-state index in [-0.39, 0.29) is 11.9 Å². The van der Waals surface area contributed by atoms with E-state index < -0.39 is 0 Å². The third-order valence-electron chi connectivity index (χ3n) is 3.18. The zero-order valence-electron chi connectivity index (χ0n) is 8.95. The first-order valence-corrected chi connectivity index (χ1v) is 5.17. The smallest absolute Gasteiger partial charge is 0.269 e. The number of hydrogen-bond acceptors (Lipinski definition) is 3. The van der Waals surface area contributed by atoms with Gasteiger partial charge < -0.3 is 10.1 Å². The van der Waals surface area contributed by atoms with Crippen LogP contribution in [0, 0.1) is 5.41 Å². The second kappa shape index (κ2) is 3.77. The van der Waals surface area contributed by atoms with Gasteiger partial charge in [0.1, 0.15) is 5.71 Å². The number of amides is 1. The summed E-state index contributed by atoms with van der Waals surface area (Å²) in [5.41, 5.74) is 0.788. The lowest BCUT2D eigenvalue weighted by molar-refractivity contribution is -0.168. The van der Waals surface area contributed by atoms with Crippen molar-refractivity contribution in [2.45, 2.75) is 18.9 Å². The summed E-state index contributed by atoms with van der Waals surface area (Å²) >= 11 is 0. The van der Waals surface area contributed by atoms with Crippen LogP contribution in [0.25, 0.3) is 0 Å². The molecule has 1 heterocycles. The van der Waals surface area contributed by atoms with Gasteiger partial charge in [0.15, 0.2) is 0 Å². The zero-order valence-corrected chi connectivity index (χ0v) is 8.95. The van der Waals surface area contributed by atoms with Crippen LogP contribution in [-0.4, -0.2) is 37.9 Å². The molecular weight excluding hydrogens is 192 g/mol. The fraction of sp³-hybridized carbons (Fsp3) is 0.636. The van der Waals surface area contributed by atoms with Gasteiger partial charge >= 0.3 is 0 Å². The van der Waals surface area contributed by atoms with Crippen molar-refractivity contribution in [2.24, 2.45) is 10.4 Å². The van der Waals surface area contributed by atoms with Crippen molar-refractivity contribution < 1.29 is 9.53 Å². The van der Waals surface area contributed by atoms with E-state index in [0.717, 1.165) is 26.1 Å². The Morgan fingerprint density at radius 2 is 2.27 bits per heavy atom. The van der Waals surface area contributed by atoms with E-state index in [9.17, 15) is 4.79 Å². The first-order chi connectivity index (χ1) is 7.19. The molecule has 82 valence electrons. The molecular formula is C11H16N2O2. The maximum absolute atomic E-state index is 11.6. The third-order valence-corrected chi connectivity index (χ3v) is 3.18. The van der Waals surface area contributed by atoms with Crippen LogP contribution in [0.15, 0.2) is 17.6 Å². The van der Waals surface area contributed by atoms with Crippen molar-refractivity contribution in [3.8, 4) is 0 Å². The average molecular weight is 208 g/mol. The Hall–Kier alpha value is -1.16. The molecule has 0 atom stereocenters. The fourth-order valence-electron chi connectivity index (χ4n) is 2.26. The van der Waals surface area contributed by atoms with Crippen LogP contribution in [0.5, 0.6) is 0 Å². The molecule has 1 saturated carbocycles. The summed E-state index contributed by atoms with van der Waals surface area (Å²) in [5.74, 6) is -0.118. The lowest BCUT2D eigenvalue weighted by Gasteiger charge is -2.53. The zero-order chi connectivity index (χ0) is 10.9. The first kappa shape index (κ1) is 10.4. The minimum atomic E-state index is -0.118. The Kier molecular flexibility index (Phi) is 2.61. The van der Waals surface area contributed by atoms with E-state index >= 15 is 0 Å². The van der Waals surface area contributed by atoms with Gasteiger partial charge in [-0.3, -0.25) is 9.79 Å². The van der Waals surface area contributed by atoms with Crippen LogP contribution in [0.4, 0.5) is 0 Å². The highest BCUT2D eigenvalue weighted by Crippen LogP contribution is 2.46. The highest BCUT2D eigenvalue weighted by atomic mass is 16.5. The van der Waals surface area contributed by atoms with Gasteiger partial charge in [-0.05, 0) is 18.9 Å². The monoisotopic (exact) mass is 208 g/mol. The van der Waals surface area contributed by atoms with Crippen molar-refractivity contribution in [1.82, 2.24) is 5.32 Å². The molecule has 15 heavy (non-hydrogen) atoms. The number of nitrogens with zero attached hydrogens (tertiary/aromatic N) is 1. The quantitative estimate of drug-likeness (QED) is 0.688.